The number of amides is 2. The van der Waals surface area contributed by atoms with E-state index in [1.54, 1.807) is 0 Å². The first-order valence-corrected chi connectivity index (χ1v) is 8.88. The smallest absolute Gasteiger partial charge is 0.227 e. The fourth-order valence-corrected chi connectivity index (χ4v) is 2.86. The van der Waals surface area contributed by atoms with Crippen molar-refractivity contribution in [2.45, 2.75) is 40.5 Å². The van der Waals surface area contributed by atoms with Crippen LogP contribution in [0.3, 0.4) is 0 Å². The number of carbonyl (C=O) groups is 2. The van der Waals surface area contributed by atoms with Crippen LogP contribution >= 0.6 is 0 Å². The summed E-state index contributed by atoms with van der Waals surface area (Å²) in [5, 5.41) is 14.1. The van der Waals surface area contributed by atoms with Gasteiger partial charge in [0, 0.05) is 31.6 Å². The SMILES string of the molecule is Cc1ccc(NCCNC(=O)[C@@H]2CCCN(C(=O)C(C)(C)C)C2)nn1. The van der Waals surface area contributed by atoms with Crippen molar-refractivity contribution < 1.29 is 9.59 Å². The van der Waals surface area contributed by atoms with Crippen LogP contribution in [0, 0.1) is 18.3 Å². The van der Waals surface area contributed by atoms with Crippen molar-refractivity contribution in [3.63, 3.8) is 0 Å². The first-order chi connectivity index (χ1) is 11.8. The van der Waals surface area contributed by atoms with Crippen molar-refractivity contribution in [3.8, 4) is 0 Å². The number of aryl methyl sites for hydroxylation is 1. The Kier molecular flexibility index (Phi) is 6.33. The van der Waals surface area contributed by atoms with Gasteiger partial charge in [-0.05, 0) is 31.9 Å². The molecule has 1 aromatic rings. The summed E-state index contributed by atoms with van der Waals surface area (Å²) in [6, 6.07) is 3.75. The molecule has 1 aliphatic rings. The van der Waals surface area contributed by atoms with Crippen LogP contribution in [0.1, 0.15) is 39.3 Å². The maximum atomic E-state index is 12.4. The minimum Gasteiger partial charge on any atom is -0.367 e. The van der Waals surface area contributed by atoms with Gasteiger partial charge in [0.2, 0.25) is 11.8 Å². The number of likely N-dealkylation sites (tertiary alicyclic amines) is 1. The van der Waals surface area contributed by atoms with Gasteiger partial charge >= 0.3 is 0 Å². The van der Waals surface area contributed by atoms with Gasteiger partial charge in [0.15, 0.2) is 0 Å². The molecule has 2 heterocycles. The van der Waals surface area contributed by atoms with Crippen molar-refractivity contribution in [3.05, 3.63) is 17.8 Å². The molecule has 0 aromatic carbocycles. The van der Waals surface area contributed by atoms with Crippen LogP contribution in [0.15, 0.2) is 12.1 Å². The summed E-state index contributed by atoms with van der Waals surface area (Å²) in [5.74, 6) is 0.700. The van der Waals surface area contributed by atoms with Gasteiger partial charge in [-0.25, -0.2) is 0 Å². The second-order valence-electron chi connectivity index (χ2n) is 7.62. The second-order valence-corrected chi connectivity index (χ2v) is 7.62. The fourth-order valence-electron chi connectivity index (χ4n) is 2.86. The van der Waals surface area contributed by atoms with E-state index in [9.17, 15) is 9.59 Å². The summed E-state index contributed by atoms with van der Waals surface area (Å²) < 4.78 is 0. The molecule has 2 amide bonds. The number of anilines is 1. The lowest BCUT2D eigenvalue weighted by atomic mass is 9.91. The maximum absolute atomic E-state index is 12.4. The second kappa shape index (κ2) is 8.27. The van der Waals surface area contributed by atoms with E-state index in [1.165, 1.54) is 0 Å². The van der Waals surface area contributed by atoms with E-state index in [1.807, 2.05) is 44.7 Å². The zero-order valence-corrected chi connectivity index (χ0v) is 15.6. The number of hydrogen-bond donors (Lipinski definition) is 2. The predicted molar refractivity (Wildman–Crippen MR) is 97.0 cm³/mol. The van der Waals surface area contributed by atoms with Gasteiger partial charge in [0.25, 0.3) is 0 Å². The van der Waals surface area contributed by atoms with Crippen LogP contribution in [0.5, 0.6) is 0 Å². The van der Waals surface area contributed by atoms with E-state index in [2.05, 4.69) is 20.8 Å². The highest BCUT2D eigenvalue weighted by atomic mass is 16.2. The van der Waals surface area contributed by atoms with E-state index >= 15 is 0 Å². The van der Waals surface area contributed by atoms with Crippen LogP contribution in [0.25, 0.3) is 0 Å². The van der Waals surface area contributed by atoms with E-state index in [0.29, 0.717) is 25.5 Å². The molecule has 2 N–H and O–H groups in total. The van der Waals surface area contributed by atoms with Gasteiger partial charge < -0.3 is 15.5 Å². The number of piperidine rings is 1. The molecule has 2 rings (SSSR count). The number of hydrogen-bond acceptors (Lipinski definition) is 5. The molecule has 7 nitrogen and oxygen atoms in total. The Morgan fingerprint density at radius 3 is 2.64 bits per heavy atom. The largest absolute Gasteiger partial charge is 0.367 e. The van der Waals surface area contributed by atoms with Crippen molar-refractivity contribution in [2.75, 3.05) is 31.5 Å². The van der Waals surface area contributed by atoms with E-state index in [0.717, 1.165) is 25.1 Å². The fraction of sp³-hybridized carbons (Fsp3) is 0.667. The molecular formula is C18H29N5O2. The van der Waals surface area contributed by atoms with Crippen molar-refractivity contribution >= 4 is 17.6 Å². The lowest BCUT2D eigenvalue weighted by Crippen LogP contribution is -2.49. The third kappa shape index (κ3) is 5.69. The molecule has 0 saturated carbocycles. The predicted octanol–water partition coefficient (Wildman–Crippen LogP) is 1.60. The molecule has 7 heteroatoms. The third-order valence-electron chi connectivity index (χ3n) is 4.25. The summed E-state index contributed by atoms with van der Waals surface area (Å²) >= 11 is 0. The first kappa shape index (κ1) is 19.1. The van der Waals surface area contributed by atoms with Crippen LogP contribution in [0.2, 0.25) is 0 Å². The van der Waals surface area contributed by atoms with E-state index in [4.69, 9.17) is 0 Å². The van der Waals surface area contributed by atoms with Gasteiger partial charge in [0.1, 0.15) is 5.82 Å². The molecule has 1 aliphatic heterocycles. The van der Waals surface area contributed by atoms with Crippen LogP contribution < -0.4 is 10.6 Å². The minimum atomic E-state index is -0.405. The summed E-state index contributed by atoms with van der Waals surface area (Å²) in [4.78, 5) is 26.6. The Labute approximate surface area is 149 Å². The van der Waals surface area contributed by atoms with Gasteiger partial charge in [-0.2, -0.15) is 5.10 Å². The number of carbonyl (C=O) groups excluding carboxylic acids is 2. The zero-order chi connectivity index (χ0) is 18.4. The highest BCUT2D eigenvalue weighted by Gasteiger charge is 2.33. The maximum Gasteiger partial charge on any atom is 0.227 e. The average Bonchev–Trinajstić information content (AvgIpc) is 2.58. The molecule has 25 heavy (non-hydrogen) atoms. The Balaban J connectivity index is 1.74. The highest BCUT2D eigenvalue weighted by molar-refractivity contribution is 5.83. The number of rotatable bonds is 5. The number of nitrogens with zero attached hydrogens (tertiary/aromatic N) is 3. The third-order valence-corrected chi connectivity index (χ3v) is 4.25. The molecule has 0 unspecified atom stereocenters. The molecule has 1 aromatic heterocycles. The van der Waals surface area contributed by atoms with Crippen molar-refractivity contribution in [2.24, 2.45) is 11.3 Å². The molecule has 1 saturated heterocycles. The van der Waals surface area contributed by atoms with Crippen LogP contribution in [-0.2, 0) is 9.59 Å². The molecule has 0 aliphatic carbocycles. The minimum absolute atomic E-state index is 0.0169. The molecule has 1 atom stereocenters. The number of aromatic nitrogens is 2. The number of nitrogens with one attached hydrogen (secondary N) is 2. The Morgan fingerprint density at radius 1 is 1.24 bits per heavy atom. The van der Waals surface area contributed by atoms with E-state index in [-0.39, 0.29) is 17.7 Å². The van der Waals surface area contributed by atoms with Crippen LogP contribution in [-0.4, -0.2) is 53.1 Å². The molecule has 0 bridgehead atoms. The lowest BCUT2D eigenvalue weighted by molar-refractivity contribution is -0.142. The molecule has 1 fully saturated rings. The van der Waals surface area contributed by atoms with Crippen molar-refractivity contribution in [1.82, 2.24) is 20.4 Å². The Bertz CT molecular complexity index is 594. The van der Waals surface area contributed by atoms with Gasteiger partial charge in [-0.15, -0.1) is 5.10 Å². The molecular weight excluding hydrogens is 318 g/mol. The Morgan fingerprint density at radius 2 is 2.00 bits per heavy atom. The van der Waals surface area contributed by atoms with Crippen molar-refractivity contribution in [1.29, 1.82) is 0 Å². The molecule has 138 valence electrons. The van der Waals surface area contributed by atoms with Crippen LogP contribution in [0.4, 0.5) is 5.82 Å². The summed E-state index contributed by atoms with van der Waals surface area (Å²) in [5.41, 5.74) is 0.461. The zero-order valence-electron chi connectivity index (χ0n) is 15.6. The topological polar surface area (TPSA) is 87.2 Å². The standard InChI is InChI=1S/C18H29N5O2/c1-13-7-8-15(22-21-13)19-9-10-20-16(24)14-6-5-11-23(12-14)17(25)18(2,3)4/h7-8,14H,5-6,9-12H2,1-4H3,(H,19,22)(H,20,24)/t14-/m1/s1. The monoisotopic (exact) mass is 347 g/mol. The van der Waals surface area contributed by atoms with Gasteiger partial charge in [-0.1, -0.05) is 20.8 Å². The molecule has 0 radical (unpaired) electrons. The quantitative estimate of drug-likeness (QED) is 0.790. The Hall–Kier alpha value is -2.18. The first-order valence-electron chi connectivity index (χ1n) is 8.88. The lowest BCUT2D eigenvalue weighted by Gasteiger charge is -2.35. The van der Waals surface area contributed by atoms with Gasteiger partial charge in [-0.3, -0.25) is 9.59 Å². The average molecular weight is 347 g/mol. The summed E-state index contributed by atoms with van der Waals surface area (Å²) in [7, 11) is 0. The van der Waals surface area contributed by atoms with Gasteiger partial charge in [0.05, 0.1) is 11.6 Å². The normalized spacial score (nSPS) is 17.9. The highest BCUT2D eigenvalue weighted by Crippen LogP contribution is 2.23. The summed E-state index contributed by atoms with van der Waals surface area (Å²) in [6.07, 6.45) is 1.70. The van der Waals surface area contributed by atoms with E-state index < -0.39 is 5.41 Å². The summed E-state index contributed by atoms with van der Waals surface area (Å²) in [6.45, 7) is 9.98. The molecule has 0 spiro atoms.